The lowest BCUT2D eigenvalue weighted by atomic mass is 10.2. The number of benzene rings is 1. The number of ether oxygens (including phenoxy) is 1. The summed E-state index contributed by atoms with van der Waals surface area (Å²) in [6.07, 6.45) is 1.16. The number of hydrogen-bond acceptors (Lipinski definition) is 4. The molecule has 0 aliphatic rings. The molecule has 2 N–H and O–H groups in total. The predicted molar refractivity (Wildman–Crippen MR) is 72.4 cm³/mol. The first-order chi connectivity index (χ1) is 9.51. The summed E-state index contributed by atoms with van der Waals surface area (Å²) < 4.78 is 18.3. The number of aromatic carboxylic acids is 1. The monoisotopic (exact) mass is 296 g/mol. The number of methoxy groups -OCH3 is 1. The van der Waals surface area contributed by atoms with Crippen LogP contribution in [0.1, 0.15) is 10.4 Å². The van der Waals surface area contributed by atoms with E-state index in [1.807, 2.05) is 0 Å². The van der Waals surface area contributed by atoms with Gasteiger partial charge in [0.15, 0.2) is 11.6 Å². The second kappa shape index (κ2) is 5.75. The highest BCUT2D eigenvalue weighted by molar-refractivity contribution is 6.33. The second-order valence-corrected chi connectivity index (χ2v) is 4.24. The molecule has 0 amide bonds. The zero-order valence-corrected chi connectivity index (χ0v) is 11.1. The first kappa shape index (κ1) is 14.1. The maximum absolute atomic E-state index is 13.5. The number of aromatic nitrogens is 1. The molecule has 1 aromatic carbocycles. The predicted octanol–water partition coefficient (Wildman–Crippen LogP) is 3.32. The third kappa shape index (κ3) is 2.97. The Bertz CT molecular complexity index is 664. The molecule has 1 aromatic heterocycles. The fraction of sp³-hybridized carbons (Fsp3) is 0.0769. The van der Waals surface area contributed by atoms with Crippen molar-refractivity contribution in [1.29, 1.82) is 0 Å². The lowest BCUT2D eigenvalue weighted by molar-refractivity contribution is 0.0696. The number of anilines is 2. The Hall–Kier alpha value is -2.34. The quantitative estimate of drug-likeness (QED) is 0.905. The van der Waals surface area contributed by atoms with Gasteiger partial charge >= 0.3 is 5.97 Å². The molecule has 0 saturated carbocycles. The molecule has 0 aliphatic carbocycles. The summed E-state index contributed by atoms with van der Waals surface area (Å²) in [6.45, 7) is 0. The van der Waals surface area contributed by atoms with E-state index in [9.17, 15) is 9.18 Å². The van der Waals surface area contributed by atoms with Crippen LogP contribution in [0.15, 0.2) is 30.5 Å². The third-order valence-corrected chi connectivity index (χ3v) is 2.79. The maximum atomic E-state index is 13.5. The third-order valence-electron chi connectivity index (χ3n) is 2.50. The first-order valence-electron chi connectivity index (χ1n) is 5.50. The molecule has 0 saturated heterocycles. The number of carboxylic acids is 1. The molecule has 20 heavy (non-hydrogen) atoms. The Morgan fingerprint density at radius 2 is 2.20 bits per heavy atom. The minimum Gasteiger partial charge on any atom is -0.494 e. The Morgan fingerprint density at radius 1 is 1.45 bits per heavy atom. The highest BCUT2D eigenvalue weighted by atomic mass is 35.5. The fourth-order valence-electron chi connectivity index (χ4n) is 1.53. The van der Waals surface area contributed by atoms with Gasteiger partial charge in [0.05, 0.1) is 17.7 Å². The van der Waals surface area contributed by atoms with Crippen LogP contribution < -0.4 is 10.1 Å². The zero-order valence-electron chi connectivity index (χ0n) is 10.4. The largest absolute Gasteiger partial charge is 0.494 e. The SMILES string of the molecule is COc1ccc(Nc2ncc(C(=O)O)cc2Cl)cc1F. The number of carboxylic acid groups (broad SMARTS) is 1. The molecule has 2 aromatic rings. The lowest BCUT2D eigenvalue weighted by Crippen LogP contribution is -2.01. The van der Waals surface area contributed by atoms with Gasteiger partial charge in [-0.1, -0.05) is 11.6 Å². The Labute approximate surface area is 119 Å². The van der Waals surface area contributed by atoms with Crippen LogP contribution in [0.2, 0.25) is 5.02 Å². The summed E-state index contributed by atoms with van der Waals surface area (Å²) in [5, 5.41) is 11.7. The summed E-state index contributed by atoms with van der Waals surface area (Å²) in [5.74, 6) is -1.30. The van der Waals surface area contributed by atoms with Crippen molar-refractivity contribution in [2.45, 2.75) is 0 Å². The van der Waals surface area contributed by atoms with E-state index >= 15 is 0 Å². The van der Waals surface area contributed by atoms with Crippen molar-refractivity contribution >= 4 is 29.1 Å². The van der Waals surface area contributed by atoms with Gasteiger partial charge in [-0.3, -0.25) is 0 Å². The molecule has 0 aliphatic heterocycles. The summed E-state index contributed by atoms with van der Waals surface area (Å²) in [6, 6.07) is 5.53. The Morgan fingerprint density at radius 3 is 2.75 bits per heavy atom. The summed E-state index contributed by atoms with van der Waals surface area (Å²) >= 11 is 5.91. The maximum Gasteiger partial charge on any atom is 0.337 e. The van der Waals surface area contributed by atoms with Crippen LogP contribution in [0.3, 0.4) is 0 Å². The van der Waals surface area contributed by atoms with Gasteiger partial charge in [-0.25, -0.2) is 14.2 Å². The van der Waals surface area contributed by atoms with Gasteiger partial charge < -0.3 is 15.2 Å². The molecular weight excluding hydrogens is 287 g/mol. The van der Waals surface area contributed by atoms with Gasteiger partial charge in [-0.2, -0.15) is 0 Å². The molecule has 2 rings (SSSR count). The minimum absolute atomic E-state index is 0.0264. The van der Waals surface area contributed by atoms with Gasteiger partial charge in [-0.15, -0.1) is 0 Å². The van der Waals surface area contributed by atoms with E-state index in [1.54, 1.807) is 6.07 Å². The lowest BCUT2D eigenvalue weighted by Gasteiger charge is -2.09. The van der Waals surface area contributed by atoms with Crippen molar-refractivity contribution in [2.75, 3.05) is 12.4 Å². The Balaban J connectivity index is 2.26. The van der Waals surface area contributed by atoms with Crippen LogP contribution in [-0.2, 0) is 0 Å². The minimum atomic E-state index is -1.12. The molecule has 0 spiro atoms. The molecule has 0 unspecified atom stereocenters. The standard InChI is InChI=1S/C13H10ClFN2O3/c1-20-11-3-2-8(5-10(11)15)17-12-9(14)4-7(6-16-12)13(18)19/h2-6H,1H3,(H,16,17)(H,18,19). The van der Waals surface area contributed by atoms with E-state index in [4.69, 9.17) is 21.4 Å². The van der Waals surface area contributed by atoms with E-state index in [-0.39, 0.29) is 22.2 Å². The van der Waals surface area contributed by atoms with Crippen LogP contribution in [0.4, 0.5) is 15.9 Å². The number of rotatable bonds is 4. The van der Waals surface area contributed by atoms with Crippen LogP contribution in [0.5, 0.6) is 5.75 Å². The van der Waals surface area contributed by atoms with Gasteiger partial charge in [0, 0.05) is 18.0 Å². The number of nitrogens with one attached hydrogen (secondary N) is 1. The Kier molecular flexibility index (Phi) is 4.05. The van der Waals surface area contributed by atoms with Crippen molar-refractivity contribution in [3.8, 4) is 5.75 Å². The van der Waals surface area contributed by atoms with Gasteiger partial charge in [0.1, 0.15) is 5.82 Å². The molecule has 5 nitrogen and oxygen atoms in total. The highest BCUT2D eigenvalue weighted by Gasteiger charge is 2.10. The van der Waals surface area contributed by atoms with Gasteiger partial charge in [0.25, 0.3) is 0 Å². The highest BCUT2D eigenvalue weighted by Crippen LogP contribution is 2.26. The summed E-state index contributed by atoms with van der Waals surface area (Å²) in [5.41, 5.74) is 0.391. The normalized spacial score (nSPS) is 10.2. The van der Waals surface area contributed by atoms with Crippen molar-refractivity contribution < 1.29 is 19.0 Å². The molecule has 104 valence electrons. The molecule has 1 heterocycles. The van der Waals surface area contributed by atoms with Crippen molar-refractivity contribution in [1.82, 2.24) is 4.98 Å². The van der Waals surface area contributed by atoms with Crippen LogP contribution in [0, 0.1) is 5.82 Å². The van der Waals surface area contributed by atoms with E-state index < -0.39 is 11.8 Å². The van der Waals surface area contributed by atoms with Crippen LogP contribution >= 0.6 is 11.6 Å². The van der Waals surface area contributed by atoms with Crippen molar-refractivity contribution in [2.24, 2.45) is 0 Å². The fourth-order valence-corrected chi connectivity index (χ4v) is 1.74. The van der Waals surface area contributed by atoms with E-state index in [2.05, 4.69) is 10.3 Å². The smallest absolute Gasteiger partial charge is 0.337 e. The second-order valence-electron chi connectivity index (χ2n) is 3.83. The average Bonchev–Trinajstić information content (AvgIpc) is 2.41. The van der Waals surface area contributed by atoms with E-state index in [1.165, 1.54) is 25.3 Å². The van der Waals surface area contributed by atoms with Crippen LogP contribution in [0.25, 0.3) is 0 Å². The molecule has 7 heteroatoms. The summed E-state index contributed by atoms with van der Waals surface area (Å²) in [4.78, 5) is 14.6. The molecule has 0 atom stereocenters. The van der Waals surface area contributed by atoms with Crippen molar-refractivity contribution in [3.63, 3.8) is 0 Å². The number of pyridine rings is 1. The molecule has 0 radical (unpaired) electrons. The van der Waals surface area contributed by atoms with E-state index in [0.29, 0.717) is 5.69 Å². The molecular formula is C13H10ClFN2O3. The number of nitrogens with zero attached hydrogens (tertiary/aromatic N) is 1. The number of carbonyl (C=O) groups is 1. The molecule has 0 fully saturated rings. The zero-order chi connectivity index (χ0) is 14.7. The average molecular weight is 297 g/mol. The van der Waals surface area contributed by atoms with E-state index in [0.717, 1.165) is 6.20 Å². The number of hydrogen-bond donors (Lipinski definition) is 2. The molecule has 0 bridgehead atoms. The number of halogens is 2. The van der Waals surface area contributed by atoms with Gasteiger partial charge in [-0.05, 0) is 18.2 Å². The van der Waals surface area contributed by atoms with Crippen LogP contribution in [-0.4, -0.2) is 23.2 Å². The van der Waals surface area contributed by atoms with Crippen molar-refractivity contribution in [3.05, 3.63) is 46.9 Å². The topological polar surface area (TPSA) is 71.5 Å². The summed E-state index contributed by atoms with van der Waals surface area (Å²) in [7, 11) is 1.37. The first-order valence-corrected chi connectivity index (χ1v) is 5.88. The van der Waals surface area contributed by atoms with Gasteiger partial charge in [0.2, 0.25) is 0 Å².